The van der Waals surface area contributed by atoms with Crippen LogP contribution in [0.2, 0.25) is 0 Å². The van der Waals surface area contributed by atoms with Crippen LogP contribution in [-0.2, 0) is 20.8 Å². The van der Waals surface area contributed by atoms with Gasteiger partial charge in [0.2, 0.25) is 11.8 Å². The average Bonchev–Trinajstić information content (AvgIpc) is 3.00. The van der Waals surface area contributed by atoms with E-state index in [1.807, 2.05) is 30.3 Å². The number of benzene rings is 1. The molecule has 6 nitrogen and oxygen atoms in total. The Morgan fingerprint density at radius 2 is 1.92 bits per heavy atom. The van der Waals surface area contributed by atoms with Gasteiger partial charge < -0.3 is 14.9 Å². The molecule has 24 heavy (non-hydrogen) atoms. The van der Waals surface area contributed by atoms with E-state index >= 15 is 0 Å². The minimum Gasteiger partial charge on any atom is -0.480 e. The third-order valence-corrected chi connectivity index (χ3v) is 4.88. The Morgan fingerprint density at radius 1 is 1.17 bits per heavy atom. The molecule has 128 valence electrons. The number of aryl methyl sites for hydroxylation is 1. The highest BCUT2D eigenvalue weighted by Gasteiger charge is 2.45. The maximum Gasteiger partial charge on any atom is 0.326 e. The van der Waals surface area contributed by atoms with Gasteiger partial charge in [0.25, 0.3) is 0 Å². The summed E-state index contributed by atoms with van der Waals surface area (Å²) in [5.41, 5.74) is 1.20. The second-order valence-corrected chi connectivity index (χ2v) is 6.50. The van der Waals surface area contributed by atoms with Crippen molar-refractivity contribution in [2.45, 2.75) is 44.2 Å². The normalized spacial score (nSPS) is 23.2. The maximum absolute atomic E-state index is 12.4. The molecular formula is C18H22N2O4. The van der Waals surface area contributed by atoms with Gasteiger partial charge in [0.05, 0.1) is 12.6 Å². The number of carbonyl (C=O) groups excluding carboxylic acids is 2. The van der Waals surface area contributed by atoms with Gasteiger partial charge in [-0.15, -0.1) is 0 Å². The Labute approximate surface area is 141 Å². The average molecular weight is 330 g/mol. The minimum atomic E-state index is -0.950. The maximum atomic E-state index is 12.4. The van der Waals surface area contributed by atoms with E-state index in [4.69, 9.17) is 0 Å². The second-order valence-electron chi connectivity index (χ2n) is 6.50. The number of hydrogen-bond acceptors (Lipinski definition) is 3. The SMILES string of the molecule is O=C(O)C1CCC2CN(C(=O)CCCc3ccccc3)CC(=O)N21. The van der Waals surface area contributed by atoms with Gasteiger partial charge in [-0.1, -0.05) is 30.3 Å². The van der Waals surface area contributed by atoms with Crippen molar-refractivity contribution in [3.8, 4) is 0 Å². The number of carbonyl (C=O) groups is 3. The van der Waals surface area contributed by atoms with Gasteiger partial charge >= 0.3 is 5.97 Å². The van der Waals surface area contributed by atoms with E-state index in [2.05, 4.69) is 0 Å². The topological polar surface area (TPSA) is 77.9 Å². The van der Waals surface area contributed by atoms with Crippen molar-refractivity contribution in [3.05, 3.63) is 35.9 Å². The summed E-state index contributed by atoms with van der Waals surface area (Å²) in [5.74, 6) is -1.21. The highest BCUT2D eigenvalue weighted by atomic mass is 16.4. The van der Waals surface area contributed by atoms with Crippen LogP contribution in [0.15, 0.2) is 30.3 Å². The Kier molecular flexibility index (Phi) is 4.83. The van der Waals surface area contributed by atoms with Crippen LogP contribution >= 0.6 is 0 Å². The van der Waals surface area contributed by atoms with Gasteiger partial charge in [-0.05, 0) is 31.2 Å². The van der Waals surface area contributed by atoms with Gasteiger partial charge in [-0.2, -0.15) is 0 Å². The van der Waals surface area contributed by atoms with Crippen molar-refractivity contribution in [2.75, 3.05) is 13.1 Å². The molecule has 1 N–H and O–H groups in total. The van der Waals surface area contributed by atoms with E-state index < -0.39 is 12.0 Å². The molecule has 2 aliphatic heterocycles. The first-order valence-electron chi connectivity index (χ1n) is 8.42. The van der Waals surface area contributed by atoms with E-state index in [1.54, 1.807) is 4.90 Å². The zero-order valence-electron chi connectivity index (χ0n) is 13.6. The van der Waals surface area contributed by atoms with E-state index in [0.29, 0.717) is 25.8 Å². The summed E-state index contributed by atoms with van der Waals surface area (Å²) < 4.78 is 0. The summed E-state index contributed by atoms with van der Waals surface area (Å²) in [6.45, 7) is 0.462. The smallest absolute Gasteiger partial charge is 0.326 e. The summed E-state index contributed by atoms with van der Waals surface area (Å²) in [5, 5.41) is 9.19. The predicted octanol–water partition coefficient (Wildman–Crippen LogP) is 1.30. The number of fused-ring (bicyclic) bond motifs is 1. The number of aliphatic carboxylic acids is 1. The first kappa shape index (κ1) is 16.5. The number of nitrogens with zero attached hydrogens (tertiary/aromatic N) is 2. The highest BCUT2D eigenvalue weighted by molar-refractivity contribution is 5.90. The minimum absolute atomic E-state index is 0.00441. The van der Waals surface area contributed by atoms with Crippen LogP contribution in [0.5, 0.6) is 0 Å². The lowest BCUT2D eigenvalue weighted by Gasteiger charge is -2.38. The Morgan fingerprint density at radius 3 is 2.62 bits per heavy atom. The molecule has 0 aliphatic carbocycles. The van der Waals surface area contributed by atoms with Gasteiger partial charge in [0.1, 0.15) is 6.04 Å². The summed E-state index contributed by atoms with van der Waals surface area (Å²) in [4.78, 5) is 38.9. The molecule has 2 atom stereocenters. The van der Waals surface area contributed by atoms with Crippen LogP contribution in [0, 0.1) is 0 Å². The Hall–Kier alpha value is -2.37. The summed E-state index contributed by atoms with van der Waals surface area (Å²) >= 11 is 0. The van der Waals surface area contributed by atoms with Gasteiger partial charge in [-0.3, -0.25) is 9.59 Å². The molecule has 2 amide bonds. The molecule has 2 unspecified atom stereocenters. The van der Waals surface area contributed by atoms with Crippen LogP contribution in [0.25, 0.3) is 0 Å². The van der Waals surface area contributed by atoms with Crippen molar-refractivity contribution in [2.24, 2.45) is 0 Å². The fraction of sp³-hybridized carbons (Fsp3) is 0.500. The van der Waals surface area contributed by atoms with E-state index in [9.17, 15) is 19.5 Å². The number of amides is 2. The molecule has 2 saturated heterocycles. The lowest BCUT2D eigenvalue weighted by molar-refractivity contribution is -0.155. The predicted molar refractivity (Wildman–Crippen MR) is 87.3 cm³/mol. The molecule has 0 spiro atoms. The lowest BCUT2D eigenvalue weighted by Crippen LogP contribution is -2.58. The zero-order valence-corrected chi connectivity index (χ0v) is 13.6. The largest absolute Gasteiger partial charge is 0.480 e. The van der Waals surface area contributed by atoms with Gasteiger partial charge in [-0.25, -0.2) is 4.79 Å². The quantitative estimate of drug-likeness (QED) is 0.882. The second kappa shape index (κ2) is 7.03. The van der Waals surface area contributed by atoms with Crippen molar-refractivity contribution in [1.82, 2.24) is 9.80 Å². The summed E-state index contributed by atoms with van der Waals surface area (Å²) in [7, 11) is 0. The third-order valence-electron chi connectivity index (χ3n) is 4.88. The molecule has 2 heterocycles. The molecule has 0 bridgehead atoms. The van der Waals surface area contributed by atoms with Crippen LogP contribution in [0.4, 0.5) is 0 Å². The summed E-state index contributed by atoms with van der Waals surface area (Å²) in [6.07, 6.45) is 3.13. The molecular weight excluding hydrogens is 308 g/mol. The zero-order chi connectivity index (χ0) is 17.1. The van der Waals surface area contributed by atoms with E-state index in [-0.39, 0.29) is 24.4 Å². The Bertz CT molecular complexity index is 631. The number of rotatable bonds is 5. The molecule has 0 saturated carbocycles. The fourth-order valence-electron chi connectivity index (χ4n) is 3.68. The molecule has 6 heteroatoms. The van der Waals surface area contributed by atoms with Crippen LogP contribution in [0.3, 0.4) is 0 Å². The number of carboxylic acid groups (broad SMARTS) is 1. The fourth-order valence-corrected chi connectivity index (χ4v) is 3.68. The van der Waals surface area contributed by atoms with Crippen LogP contribution in [-0.4, -0.2) is 57.9 Å². The van der Waals surface area contributed by atoms with Crippen molar-refractivity contribution >= 4 is 17.8 Å². The molecule has 1 aromatic carbocycles. The Balaban J connectivity index is 1.52. The van der Waals surface area contributed by atoms with E-state index in [0.717, 1.165) is 12.8 Å². The molecule has 0 radical (unpaired) electrons. The van der Waals surface area contributed by atoms with Crippen molar-refractivity contribution < 1.29 is 19.5 Å². The molecule has 0 aromatic heterocycles. The van der Waals surface area contributed by atoms with Crippen molar-refractivity contribution in [3.63, 3.8) is 0 Å². The van der Waals surface area contributed by atoms with E-state index in [1.165, 1.54) is 10.5 Å². The standard InChI is InChI=1S/C18H22N2O4/c21-16(8-4-7-13-5-2-1-3-6-13)19-11-14-9-10-15(18(23)24)20(14)17(22)12-19/h1-3,5-6,14-15H,4,7-12H2,(H,23,24). The van der Waals surface area contributed by atoms with Crippen LogP contribution in [0.1, 0.15) is 31.2 Å². The van der Waals surface area contributed by atoms with Gasteiger partial charge in [0.15, 0.2) is 0 Å². The molecule has 2 fully saturated rings. The third kappa shape index (κ3) is 3.42. The number of carboxylic acids is 1. The monoisotopic (exact) mass is 330 g/mol. The molecule has 3 rings (SSSR count). The highest BCUT2D eigenvalue weighted by Crippen LogP contribution is 2.28. The number of piperazine rings is 1. The molecule has 2 aliphatic rings. The first-order valence-corrected chi connectivity index (χ1v) is 8.42. The number of hydrogen-bond donors (Lipinski definition) is 1. The van der Waals surface area contributed by atoms with Gasteiger partial charge in [0, 0.05) is 13.0 Å². The summed E-state index contributed by atoms with van der Waals surface area (Å²) in [6, 6.07) is 9.13. The molecule has 1 aromatic rings. The first-order chi connectivity index (χ1) is 11.6. The van der Waals surface area contributed by atoms with Crippen LogP contribution < -0.4 is 0 Å². The van der Waals surface area contributed by atoms with Crippen molar-refractivity contribution in [1.29, 1.82) is 0 Å². The lowest BCUT2D eigenvalue weighted by atomic mass is 10.1.